The lowest BCUT2D eigenvalue weighted by Crippen LogP contribution is -2.45. The molecule has 0 unspecified atom stereocenters. The van der Waals surface area contributed by atoms with Gasteiger partial charge in [-0.2, -0.15) is 0 Å². The minimum absolute atomic E-state index is 0.0871. The van der Waals surface area contributed by atoms with Crippen LogP contribution in [-0.4, -0.2) is 65.4 Å². The van der Waals surface area contributed by atoms with Gasteiger partial charge < -0.3 is 20.1 Å². The van der Waals surface area contributed by atoms with E-state index in [1.54, 1.807) is 0 Å². The van der Waals surface area contributed by atoms with Gasteiger partial charge in [0.1, 0.15) is 5.82 Å². The molecule has 0 bridgehead atoms. The van der Waals surface area contributed by atoms with Crippen LogP contribution in [0.2, 0.25) is 0 Å². The maximum absolute atomic E-state index is 12.9. The number of likely N-dealkylation sites (N-methyl/N-ethyl adjacent to an activating group) is 1. The van der Waals surface area contributed by atoms with E-state index < -0.39 is 0 Å². The zero-order valence-corrected chi connectivity index (χ0v) is 19.6. The molecule has 3 aromatic rings. The van der Waals surface area contributed by atoms with Crippen LogP contribution < -0.4 is 5.32 Å². The predicted octanol–water partition coefficient (Wildman–Crippen LogP) is 4.65. The summed E-state index contributed by atoms with van der Waals surface area (Å²) in [4.78, 5) is 26.0. The Kier molecular flexibility index (Phi) is 6.74. The number of amides is 1. The van der Waals surface area contributed by atoms with Gasteiger partial charge >= 0.3 is 0 Å². The van der Waals surface area contributed by atoms with Crippen molar-refractivity contribution in [3.05, 3.63) is 59.4 Å². The maximum atomic E-state index is 12.9. The molecule has 1 amide bonds. The molecule has 0 spiro atoms. The number of carbonyl (C=O) groups is 1. The number of hydrogen-bond donors (Lipinski definition) is 2. The van der Waals surface area contributed by atoms with Crippen molar-refractivity contribution in [3.8, 4) is 0 Å². The van der Waals surface area contributed by atoms with Crippen LogP contribution in [0, 0.1) is 0 Å². The van der Waals surface area contributed by atoms with Gasteiger partial charge in [-0.3, -0.25) is 4.79 Å². The molecule has 0 atom stereocenters. The summed E-state index contributed by atoms with van der Waals surface area (Å²) in [5.41, 5.74) is 4.68. The number of aromatic nitrogens is 2. The van der Waals surface area contributed by atoms with Gasteiger partial charge in [0.15, 0.2) is 0 Å². The second kappa shape index (κ2) is 10.1. The summed E-state index contributed by atoms with van der Waals surface area (Å²) in [6.45, 7) is 5.68. The average molecular weight is 446 g/mol. The van der Waals surface area contributed by atoms with Gasteiger partial charge in [-0.1, -0.05) is 31.4 Å². The van der Waals surface area contributed by atoms with Crippen LogP contribution in [0.15, 0.2) is 42.5 Å². The molecule has 6 heteroatoms. The standard InChI is InChI=1S/C27H35N5O/c1-31-15-17-32(18-16-31)14-13-20-7-10-23(11-8-20)28-27(33)22-9-12-24-25(19-22)30-26(29-24)21-5-3-2-4-6-21/h7-12,19,21H,2-6,13-18H2,1H3,(H,28,33)(H,29,30). The Bertz CT molecular complexity index is 1080. The fraction of sp³-hybridized carbons (Fsp3) is 0.481. The molecule has 1 aliphatic carbocycles. The molecule has 1 saturated heterocycles. The molecular weight excluding hydrogens is 410 g/mol. The first kappa shape index (κ1) is 22.1. The van der Waals surface area contributed by atoms with E-state index in [2.05, 4.69) is 39.3 Å². The summed E-state index contributed by atoms with van der Waals surface area (Å²) in [6, 6.07) is 14.0. The minimum atomic E-state index is -0.0871. The molecule has 6 nitrogen and oxygen atoms in total. The SMILES string of the molecule is CN1CCN(CCc2ccc(NC(=O)c3ccc4nc(C5CCCCC5)[nH]c4c3)cc2)CC1. The highest BCUT2D eigenvalue weighted by Crippen LogP contribution is 2.32. The molecule has 0 radical (unpaired) electrons. The smallest absolute Gasteiger partial charge is 0.255 e. The number of rotatable bonds is 6. The largest absolute Gasteiger partial charge is 0.342 e. The van der Waals surface area contributed by atoms with Crippen molar-refractivity contribution in [2.45, 2.75) is 44.4 Å². The van der Waals surface area contributed by atoms with E-state index in [0.29, 0.717) is 11.5 Å². The average Bonchev–Trinajstić information content (AvgIpc) is 3.29. The van der Waals surface area contributed by atoms with Gasteiger partial charge in [-0.05, 0) is 62.2 Å². The molecule has 2 N–H and O–H groups in total. The topological polar surface area (TPSA) is 64.3 Å². The van der Waals surface area contributed by atoms with Gasteiger partial charge in [0.05, 0.1) is 11.0 Å². The van der Waals surface area contributed by atoms with Crippen LogP contribution >= 0.6 is 0 Å². The molecule has 33 heavy (non-hydrogen) atoms. The zero-order chi connectivity index (χ0) is 22.6. The lowest BCUT2D eigenvalue weighted by Gasteiger charge is -2.32. The molecule has 174 valence electrons. The van der Waals surface area contributed by atoms with Crippen molar-refractivity contribution < 1.29 is 4.79 Å². The molecule has 1 aromatic heterocycles. The number of nitrogens with zero attached hydrogens (tertiary/aromatic N) is 3. The first-order valence-electron chi connectivity index (χ1n) is 12.4. The Morgan fingerprint density at radius 1 is 1.03 bits per heavy atom. The van der Waals surface area contributed by atoms with Crippen LogP contribution in [-0.2, 0) is 6.42 Å². The van der Waals surface area contributed by atoms with E-state index in [-0.39, 0.29) is 5.91 Å². The summed E-state index contributed by atoms with van der Waals surface area (Å²) < 4.78 is 0. The third-order valence-corrected chi connectivity index (χ3v) is 7.28. The molecule has 1 aliphatic heterocycles. The van der Waals surface area contributed by atoms with E-state index in [1.807, 2.05) is 30.3 Å². The first-order valence-corrected chi connectivity index (χ1v) is 12.4. The van der Waals surface area contributed by atoms with Crippen molar-refractivity contribution in [3.63, 3.8) is 0 Å². The summed E-state index contributed by atoms with van der Waals surface area (Å²) in [5.74, 6) is 1.52. The molecule has 2 fully saturated rings. The molecule has 2 aliphatic rings. The van der Waals surface area contributed by atoms with Gasteiger partial charge in [0, 0.05) is 49.9 Å². The van der Waals surface area contributed by atoms with Crippen molar-refractivity contribution in [2.75, 3.05) is 45.1 Å². The van der Waals surface area contributed by atoms with Crippen molar-refractivity contribution in [2.24, 2.45) is 0 Å². The number of piperazine rings is 1. The van der Waals surface area contributed by atoms with Crippen LogP contribution in [0.3, 0.4) is 0 Å². The minimum Gasteiger partial charge on any atom is -0.342 e. The summed E-state index contributed by atoms with van der Waals surface area (Å²) >= 11 is 0. The zero-order valence-electron chi connectivity index (χ0n) is 19.6. The van der Waals surface area contributed by atoms with Crippen molar-refractivity contribution >= 4 is 22.6 Å². The number of aromatic amines is 1. The Morgan fingerprint density at radius 3 is 2.55 bits per heavy atom. The second-order valence-electron chi connectivity index (χ2n) is 9.73. The quantitative estimate of drug-likeness (QED) is 0.580. The molecule has 2 aromatic carbocycles. The maximum Gasteiger partial charge on any atom is 0.255 e. The summed E-state index contributed by atoms with van der Waals surface area (Å²) in [6.07, 6.45) is 7.35. The van der Waals surface area contributed by atoms with Crippen LogP contribution in [0.25, 0.3) is 11.0 Å². The molecular formula is C27H35N5O. The van der Waals surface area contributed by atoms with Crippen LogP contribution in [0.5, 0.6) is 0 Å². The summed E-state index contributed by atoms with van der Waals surface area (Å²) in [7, 11) is 2.19. The third kappa shape index (κ3) is 5.45. The highest BCUT2D eigenvalue weighted by Gasteiger charge is 2.19. The van der Waals surface area contributed by atoms with Gasteiger partial charge in [-0.25, -0.2) is 4.98 Å². The number of hydrogen-bond acceptors (Lipinski definition) is 4. The number of nitrogens with one attached hydrogen (secondary N) is 2. The first-order chi connectivity index (χ1) is 16.1. The molecule has 2 heterocycles. The predicted molar refractivity (Wildman–Crippen MR) is 134 cm³/mol. The third-order valence-electron chi connectivity index (χ3n) is 7.28. The van der Waals surface area contributed by atoms with E-state index in [9.17, 15) is 4.79 Å². The lowest BCUT2D eigenvalue weighted by molar-refractivity contribution is 0.102. The highest BCUT2D eigenvalue weighted by atomic mass is 16.1. The second-order valence-corrected chi connectivity index (χ2v) is 9.73. The van der Waals surface area contributed by atoms with Gasteiger partial charge in [0.25, 0.3) is 5.91 Å². The molecule has 5 rings (SSSR count). The van der Waals surface area contributed by atoms with E-state index in [0.717, 1.165) is 61.7 Å². The number of H-pyrrole nitrogens is 1. The Hall–Kier alpha value is -2.70. The fourth-order valence-corrected chi connectivity index (χ4v) is 5.06. The van der Waals surface area contributed by atoms with E-state index >= 15 is 0 Å². The summed E-state index contributed by atoms with van der Waals surface area (Å²) in [5, 5.41) is 3.04. The van der Waals surface area contributed by atoms with Gasteiger partial charge in [-0.15, -0.1) is 0 Å². The Morgan fingerprint density at radius 2 is 1.79 bits per heavy atom. The van der Waals surface area contributed by atoms with Crippen molar-refractivity contribution in [1.82, 2.24) is 19.8 Å². The lowest BCUT2D eigenvalue weighted by atomic mass is 9.89. The number of carbonyl (C=O) groups excluding carboxylic acids is 1. The Balaban J connectivity index is 1.18. The van der Waals surface area contributed by atoms with E-state index in [1.165, 1.54) is 37.7 Å². The van der Waals surface area contributed by atoms with Crippen molar-refractivity contribution in [1.29, 1.82) is 0 Å². The number of fused-ring (bicyclic) bond motifs is 1. The normalized spacial score (nSPS) is 18.6. The monoisotopic (exact) mass is 445 g/mol. The Labute approximate surface area is 196 Å². The van der Waals surface area contributed by atoms with Crippen LogP contribution in [0.4, 0.5) is 5.69 Å². The molecule has 1 saturated carbocycles. The number of anilines is 1. The van der Waals surface area contributed by atoms with E-state index in [4.69, 9.17) is 4.98 Å². The number of imidazole rings is 1. The fourth-order valence-electron chi connectivity index (χ4n) is 5.06. The number of benzene rings is 2. The van der Waals surface area contributed by atoms with Gasteiger partial charge in [0.2, 0.25) is 0 Å². The van der Waals surface area contributed by atoms with Crippen LogP contribution in [0.1, 0.15) is 59.8 Å². The highest BCUT2D eigenvalue weighted by molar-refractivity contribution is 6.05.